The second kappa shape index (κ2) is 6.50. The van der Waals surface area contributed by atoms with Crippen molar-refractivity contribution >= 4 is 11.8 Å². The number of amides is 2. The SMILES string of the molecule is C[C@@]12CC[C@@H](C[C@H]1C(=O)N1CCCCCC1)[C@@]1(C2)NC(=O)c2ccccc2O1. The van der Waals surface area contributed by atoms with Crippen molar-refractivity contribution in [3.05, 3.63) is 29.8 Å². The first-order valence-electron chi connectivity index (χ1n) is 10.9. The van der Waals surface area contributed by atoms with E-state index in [4.69, 9.17) is 4.74 Å². The number of fused-ring (bicyclic) bond motifs is 3. The molecule has 1 saturated heterocycles. The molecule has 2 bridgehead atoms. The van der Waals surface area contributed by atoms with Crippen molar-refractivity contribution in [1.82, 2.24) is 10.2 Å². The summed E-state index contributed by atoms with van der Waals surface area (Å²) in [5.74, 6) is 1.21. The number of nitrogens with zero attached hydrogens (tertiary/aromatic N) is 1. The summed E-state index contributed by atoms with van der Waals surface area (Å²) in [6.07, 6.45) is 8.28. The lowest BCUT2D eigenvalue weighted by molar-refractivity contribution is -0.174. The van der Waals surface area contributed by atoms with Crippen LogP contribution in [0.1, 0.15) is 68.6 Å². The van der Waals surface area contributed by atoms with Crippen molar-refractivity contribution in [2.75, 3.05) is 13.1 Å². The molecule has 1 spiro atoms. The van der Waals surface area contributed by atoms with E-state index >= 15 is 0 Å². The van der Waals surface area contributed by atoms with Gasteiger partial charge in [0.1, 0.15) is 5.75 Å². The number of carbonyl (C=O) groups is 2. The highest BCUT2D eigenvalue weighted by Crippen LogP contribution is 2.59. The molecule has 4 atom stereocenters. The molecule has 4 fully saturated rings. The first-order valence-corrected chi connectivity index (χ1v) is 10.9. The van der Waals surface area contributed by atoms with Crippen LogP contribution in [0.25, 0.3) is 0 Å². The maximum atomic E-state index is 13.4. The van der Waals surface area contributed by atoms with Crippen LogP contribution in [0, 0.1) is 17.3 Å². The van der Waals surface area contributed by atoms with Crippen LogP contribution in [0.4, 0.5) is 0 Å². The molecule has 2 aliphatic heterocycles. The summed E-state index contributed by atoms with van der Waals surface area (Å²) in [5, 5.41) is 3.21. The first-order chi connectivity index (χ1) is 13.5. The zero-order chi connectivity index (χ0) is 19.4. The lowest BCUT2D eigenvalue weighted by Gasteiger charge is -2.60. The van der Waals surface area contributed by atoms with Crippen LogP contribution in [0.2, 0.25) is 0 Å². The van der Waals surface area contributed by atoms with Gasteiger partial charge in [0.15, 0.2) is 5.72 Å². The minimum atomic E-state index is -0.659. The lowest BCUT2D eigenvalue weighted by atomic mass is 9.52. The zero-order valence-corrected chi connectivity index (χ0v) is 16.7. The molecule has 0 radical (unpaired) electrons. The van der Waals surface area contributed by atoms with Crippen LogP contribution in [0.5, 0.6) is 5.75 Å². The molecule has 3 aliphatic carbocycles. The second-order valence-corrected chi connectivity index (χ2v) is 9.54. The standard InChI is InChI=1S/C23H30N2O3/c1-22-11-10-16(14-18(22)21(27)25-12-6-2-3-7-13-25)23(15-22)24-20(26)17-8-4-5-9-19(17)28-23/h4-5,8-9,16,18H,2-3,6-7,10-15H2,1H3,(H,24,26)/t16-,18-,22-,23-/m0/s1. The van der Waals surface area contributed by atoms with Crippen LogP contribution in [-0.4, -0.2) is 35.5 Å². The summed E-state index contributed by atoms with van der Waals surface area (Å²) >= 11 is 0. The maximum Gasteiger partial charge on any atom is 0.258 e. The number of ether oxygens (including phenoxy) is 1. The molecule has 2 amide bonds. The molecule has 5 aliphatic rings. The fourth-order valence-electron chi connectivity index (χ4n) is 6.14. The first kappa shape index (κ1) is 18.0. The summed E-state index contributed by atoms with van der Waals surface area (Å²) < 4.78 is 6.47. The number of likely N-dealkylation sites (tertiary alicyclic amines) is 1. The average Bonchev–Trinajstić information content (AvgIpc) is 2.96. The summed E-state index contributed by atoms with van der Waals surface area (Å²) in [7, 11) is 0. The Morgan fingerprint density at radius 3 is 2.68 bits per heavy atom. The maximum absolute atomic E-state index is 13.4. The van der Waals surface area contributed by atoms with E-state index < -0.39 is 5.72 Å². The smallest absolute Gasteiger partial charge is 0.258 e. The summed E-state index contributed by atoms with van der Waals surface area (Å²) in [4.78, 5) is 28.3. The van der Waals surface area contributed by atoms with Gasteiger partial charge in [-0.15, -0.1) is 0 Å². The van der Waals surface area contributed by atoms with Crippen molar-refractivity contribution in [3.63, 3.8) is 0 Å². The van der Waals surface area contributed by atoms with Crippen molar-refractivity contribution in [1.29, 1.82) is 0 Å². The highest BCUT2D eigenvalue weighted by molar-refractivity contribution is 5.98. The Kier molecular flexibility index (Phi) is 4.18. The predicted molar refractivity (Wildman–Crippen MR) is 106 cm³/mol. The van der Waals surface area contributed by atoms with Gasteiger partial charge in [0, 0.05) is 31.3 Å². The van der Waals surface area contributed by atoms with Crippen LogP contribution in [0.15, 0.2) is 24.3 Å². The second-order valence-electron chi connectivity index (χ2n) is 9.54. The number of hydrogen-bond acceptors (Lipinski definition) is 3. The minimum Gasteiger partial charge on any atom is -0.467 e. The van der Waals surface area contributed by atoms with Gasteiger partial charge in [-0.3, -0.25) is 9.59 Å². The number of carbonyl (C=O) groups excluding carboxylic acids is 2. The van der Waals surface area contributed by atoms with Crippen molar-refractivity contribution in [2.24, 2.45) is 17.3 Å². The molecule has 1 aromatic carbocycles. The zero-order valence-electron chi connectivity index (χ0n) is 16.7. The third-order valence-electron chi connectivity index (χ3n) is 7.72. The summed E-state index contributed by atoms with van der Waals surface area (Å²) in [6.45, 7) is 4.05. The van der Waals surface area contributed by atoms with Gasteiger partial charge in [0.2, 0.25) is 5.91 Å². The number of benzene rings is 1. The molecule has 28 heavy (non-hydrogen) atoms. The number of rotatable bonds is 1. The van der Waals surface area contributed by atoms with Crippen LogP contribution in [-0.2, 0) is 4.79 Å². The molecular formula is C23H30N2O3. The van der Waals surface area contributed by atoms with Gasteiger partial charge in [-0.1, -0.05) is 31.9 Å². The van der Waals surface area contributed by atoms with E-state index in [0.29, 0.717) is 17.2 Å². The van der Waals surface area contributed by atoms with E-state index in [1.807, 2.05) is 24.3 Å². The van der Waals surface area contributed by atoms with Crippen LogP contribution < -0.4 is 10.1 Å². The molecule has 1 aromatic rings. The molecular weight excluding hydrogens is 352 g/mol. The van der Waals surface area contributed by atoms with Gasteiger partial charge >= 0.3 is 0 Å². The van der Waals surface area contributed by atoms with Gasteiger partial charge in [0.05, 0.1) is 5.56 Å². The molecule has 3 saturated carbocycles. The third kappa shape index (κ3) is 2.73. The largest absolute Gasteiger partial charge is 0.467 e. The normalized spacial score (nSPS) is 37.0. The van der Waals surface area contributed by atoms with Crippen molar-refractivity contribution in [2.45, 2.75) is 64.0 Å². The Bertz CT molecular complexity index is 801. The molecule has 1 N–H and O–H groups in total. The number of para-hydroxylation sites is 1. The van der Waals surface area contributed by atoms with Crippen molar-refractivity contribution in [3.8, 4) is 5.75 Å². The topological polar surface area (TPSA) is 58.6 Å². The number of nitrogens with one attached hydrogen (secondary N) is 1. The Morgan fingerprint density at radius 1 is 1.18 bits per heavy atom. The van der Waals surface area contributed by atoms with Crippen molar-refractivity contribution < 1.29 is 14.3 Å². The highest BCUT2D eigenvalue weighted by atomic mass is 16.5. The molecule has 150 valence electrons. The fourth-order valence-corrected chi connectivity index (χ4v) is 6.14. The van der Waals surface area contributed by atoms with E-state index in [0.717, 1.165) is 51.6 Å². The molecule has 2 heterocycles. The Morgan fingerprint density at radius 2 is 1.93 bits per heavy atom. The average molecular weight is 383 g/mol. The Labute approximate surface area is 166 Å². The molecule has 5 heteroatoms. The monoisotopic (exact) mass is 382 g/mol. The van der Waals surface area contributed by atoms with Crippen LogP contribution >= 0.6 is 0 Å². The van der Waals surface area contributed by atoms with Crippen LogP contribution in [0.3, 0.4) is 0 Å². The Balaban J connectivity index is 1.41. The summed E-state index contributed by atoms with van der Waals surface area (Å²) in [5.41, 5.74) is -0.178. The predicted octanol–water partition coefficient (Wildman–Crippen LogP) is 3.73. The van der Waals surface area contributed by atoms with E-state index in [9.17, 15) is 9.59 Å². The van der Waals surface area contributed by atoms with E-state index in [1.54, 1.807) is 0 Å². The fraction of sp³-hybridized carbons (Fsp3) is 0.652. The Hall–Kier alpha value is -2.04. The van der Waals surface area contributed by atoms with Gasteiger partial charge in [-0.2, -0.15) is 0 Å². The molecule has 6 rings (SSSR count). The number of hydrogen-bond donors (Lipinski definition) is 1. The third-order valence-corrected chi connectivity index (χ3v) is 7.72. The quantitative estimate of drug-likeness (QED) is 0.805. The molecule has 0 aromatic heterocycles. The highest BCUT2D eigenvalue weighted by Gasteiger charge is 2.62. The van der Waals surface area contributed by atoms with Gasteiger partial charge in [0.25, 0.3) is 5.91 Å². The van der Waals surface area contributed by atoms with E-state index in [2.05, 4.69) is 17.1 Å². The molecule has 5 nitrogen and oxygen atoms in total. The van der Waals surface area contributed by atoms with E-state index in [1.165, 1.54) is 12.8 Å². The lowest BCUT2D eigenvalue weighted by Crippen LogP contribution is -2.69. The van der Waals surface area contributed by atoms with Gasteiger partial charge in [-0.05, 0) is 49.7 Å². The van der Waals surface area contributed by atoms with Gasteiger partial charge in [-0.25, -0.2) is 0 Å². The molecule has 0 unspecified atom stereocenters. The van der Waals surface area contributed by atoms with Gasteiger partial charge < -0.3 is 15.0 Å². The summed E-state index contributed by atoms with van der Waals surface area (Å²) in [6, 6.07) is 7.48. The van der Waals surface area contributed by atoms with E-state index in [-0.39, 0.29) is 23.2 Å². The minimum absolute atomic E-state index is 0.0478.